The van der Waals surface area contributed by atoms with Gasteiger partial charge >= 0.3 is 23.9 Å². The van der Waals surface area contributed by atoms with Gasteiger partial charge in [-0.2, -0.15) is 0 Å². The number of hydrogen-bond acceptors (Lipinski definition) is 10. The molecule has 2 atom stereocenters. The molecule has 1 aliphatic heterocycles. The highest BCUT2D eigenvalue weighted by atomic mass is 16.7. The van der Waals surface area contributed by atoms with Crippen molar-refractivity contribution in [3.63, 3.8) is 0 Å². The van der Waals surface area contributed by atoms with Crippen molar-refractivity contribution in [1.82, 2.24) is 5.06 Å². The van der Waals surface area contributed by atoms with Crippen molar-refractivity contribution in [3.05, 3.63) is 35.9 Å². The molecule has 0 aliphatic carbocycles. The largest absolute Gasteiger partial charge is 0.460 e. The van der Waals surface area contributed by atoms with E-state index in [4.69, 9.17) is 19.0 Å². The fraction of sp³-hybridized carbons (Fsp3) is 0.455. The molecular formula is C22H25NO10. The summed E-state index contributed by atoms with van der Waals surface area (Å²) in [5.41, 5.74) is -0.693. The van der Waals surface area contributed by atoms with Crippen molar-refractivity contribution in [2.75, 3.05) is 0 Å². The number of benzene rings is 1. The third-order valence-corrected chi connectivity index (χ3v) is 4.08. The van der Waals surface area contributed by atoms with E-state index in [2.05, 4.69) is 0 Å². The van der Waals surface area contributed by atoms with Crippen LogP contribution in [0.4, 0.5) is 0 Å². The molecule has 1 fully saturated rings. The Bertz CT molecular complexity index is 918. The van der Waals surface area contributed by atoms with Crippen LogP contribution in [0.5, 0.6) is 0 Å². The normalized spacial score (nSPS) is 15.5. The molecule has 33 heavy (non-hydrogen) atoms. The number of esters is 3. The van der Waals surface area contributed by atoms with E-state index in [-0.39, 0.29) is 18.4 Å². The molecule has 0 aromatic heterocycles. The van der Waals surface area contributed by atoms with E-state index in [0.717, 1.165) is 6.92 Å². The zero-order valence-corrected chi connectivity index (χ0v) is 18.7. The van der Waals surface area contributed by atoms with Gasteiger partial charge in [0.1, 0.15) is 5.60 Å². The fourth-order valence-electron chi connectivity index (χ4n) is 2.78. The van der Waals surface area contributed by atoms with Gasteiger partial charge in [0.05, 0.1) is 6.42 Å². The Kier molecular flexibility index (Phi) is 8.27. The van der Waals surface area contributed by atoms with Crippen LogP contribution in [0.3, 0.4) is 0 Å². The maximum absolute atomic E-state index is 12.8. The van der Waals surface area contributed by atoms with Gasteiger partial charge in [0.2, 0.25) is 12.2 Å². The van der Waals surface area contributed by atoms with Gasteiger partial charge in [0.25, 0.3) is 11.8 Å². The lowest BCUT2D eigenvalue weighted by atomic mass is 10.1. The van der Waals surface area contributed by atoms with Crippen molar-refractivity contribution >= 4 is 35.7 Å². The Balaban J connectivity index is 2.23. The minimum atomic E-state index is -1.71. The van der Waals surface area contributed by atoms with E-state index in [1.807, 2.05) is 0 Å². The highest BCUT2D eigenvalue weighted by Gasteiger charge is 2.38. The van der Waals surface area contributed by atoms with Crippen LogP contribution >= 0.6 is 0 Å². The van der Waals surface area contributed by atoms with Gasteiger partial charge in [-0.15, -0.1) is 5.06 Å². The van der Waals surface area contributed by atoms with Crippen molar-refractivity contribution in [1.29, 1.82) is 0 Å². The molecule has 0 bridgehead atoms. The number of nitrogens with zero attached hydrogens (tertiary/aromatic N) is 1. The van der Waals surface area contributed by atoms with Gasteiger partial charge in [-0.05, 0) is 20.8 Å². The van der Waals surface area contributed by atoms with Crippen molar-refractivity contribution < 1.29 is 47.8 Å². The Morgan fingerprint density at radius 2 is 1.52 bits per heavy atom. The Morgan fingerprint density at radius 3 is 2.03 bits per heavy atom. The van der Waals surface area contributed by atoms with Crippen LogP contribution in [0.15, 0.2) is 30.3 Å². The van der Waals surface area contributed by atoms with E-state index in [1.54, 1.807) is 39.0 Å². The molecule has 178 valence electrons. The second-order valence-electron chi connectivity index (χ2n) is 8.11. The van der Waals surface area contributed by atoms with Crippen LogP contribution in [-0.4, -0.2) is 52.5 Å². The molecule has 1 saturated heterocycles. The minimum Gasteiger partial charge on any atom is -0.460 e. The highest BCUT2D eigenvalue weighted by Crippen LogP contribution is 2.23. The quantitative estimate of drug-likeness (QED) is 0.316. The van der Waals surface area contributed by atoms with Crippen molar-refractivity contribution in [2.24, 2.45) is 0 Å². The molecule has 1 heterocycles. The Hall–Kier alpha value is -3.76. The first kappa shape index (κ1) is 25.5. The maximum Gasteiger partial charge on any atom is 0.378 e. The van der Waals surface area contributed by atoms with Crippen LogP contribution in [0.2, 0.25) is 0 Å². The average molecular weight is 463 g/mol. The molecular weight excluding hydrogens is 438 g/mol. The number of carbonyl (C=O) groups is 6. The molecule has 0 radical (unpaired) electrons. The molecule has 1 aliphatic rings. The van der Waals surface area contributed by atoms with Crippen LogP contribution in [0.25, 0.3) is 0 Å². The minimum absolute atomic E-state index is 0.119. The summed E-state index contributed by atoms with van der Waals surface area (Å²) >= 11 is 0. The fourth-order valence-corrected chi connectivity index (χ4v) is 2.78. The van der Waals surface area contributed by atoms with E-state index in [1.165, 1.54) is 12.1 Å². The summed E-state index contributed by atoms with van der Waals surface area (Å²) in [5.74, 6) is -5.58. The summed E-state index contributed by atoms with van der Waals surface area (Å²) in [6.45, 7) is 5.88. The predicted octanol–water partition coefficient (Wildman–Crippen LogP) is 1.54. The topological polar surface area (TPSA) is 143 Å². The van der Waals surface area contributed by atoms with Gasteiger partial charge < -0.3 is 19.0 Å². The van der Waals surface area contributed by atoms with Crippen LogP contribution in [0.1, 0.15) is 58.6 Å². The molecule has 11 nitrogen and oxygen atoms in total. The Labute approximate surface area is 189 Å². The molecule has 2 rings (SSSR count). The first-order valence-corrected chi connectivity index (χ1v) is 10.1. The first-order chi connectivity index (χ1) is 15.4. The Morgan fingerprint density at radius 1 is 0.939 bits per heavy atom. The SMILES string of the molecule is CC(=O)OC(CC(=O)OC(C)(C)C)C(=O)O[C@H](C(=O)ON1C(=O)CCC1=O)c1ccccc1. The zero-order valence-electron chi connectivity index (χ0n) is 18.7. The second-order valence-corrected chi connectivity index (χ2v) is 8.11. The van der Waals surface area contributed by atoms with Crippen LogP contribution < -0.4 is 0 Å². The summed E-state index contributed by atoms with van der Waals surface area (Å²) in [4.78, 5) is 77.6. The number of carbonyl (C=O) groups excluding carboxylic acids is 6. The number of hydrogen-bond donors (Lipinski definition) is 0. The average Bonchev–Trinajstić information content (AvgIpc) is 3.02. The van der Waals surface area contributed by atoms with E-state index in [0.29, 0.717) is 5.06 Å². The van der Waals surface area contributed by atoms with Crippen molar-refractivity contribution in [2.45, 2.75) is 64.8 Å². The molecule has 0 saturated carbocycles. The van der Waals surface area contributed by atoms with Gasteiger partial charge in [0.15, 0.2) is 0 Å². The molecule has 2 amide bonds. The standard InChI is InChI=1S/C22H25NO10/c1-13(24)30-15(12-18(27)32-22(2,3)4)20(28)31-19(14-8-6-5-7-9-14)21(29)33-23-16(25)10-11-17(23)26/h5-9,15,19H,10-12H2,1-4H3/t15?,19-/m0/s1. The lowest BCUT2D eigenvalue weighted by molar-refractivity contribution is -0.208. The number of hydroxylamine groups is 2. The molecule has 11 heteroatoms. The molecule has 1 aromatic rings. The molecule has 0 N–H and O–H groups in total. The number of amides is 2. The second kappa shape index (κ2) is 10.7. The van der Waals surface area contributed by atoms with Gasteiger partial charge in [-0.25, -0.2) is 9.59 Å². The summed E-state index contributed by atoms with van der Waals surface area (Å²) < 4.78 is 15.3. The smallest absolute Gasteiger partial charge is 0.378 e. The number of rotatable bonds is 8. The lowest BCUT2D eigenvalue weighted by Crippen LogP contribution is -2.38. The summed E-state index contributed by atoms with van der Waals surface area (Å²) in [6.07, 6.45) is -4.31. The maximum atomic E-state index is 12.8. The van der Waals surface area contributed by atoms with Crippen molar-refractivity contribution in [3.8, 4) is 0 Å². The van der Waals surface area contributed by atoms with Crippen LogP contribution in [0, 0.1) is 0 Å². The summed E-state index contributed by atoms with van der Waals surface area (Å²) in [6, 6.07) is 7.65. The van der Waals surface area contributed by atoms with Gasteiger partial charge in [-0.1, -0.05) is 30.3 Å². The highest BCUT2D eigenvalue weighted by molar-refractivity contribution is 6.01. The van der Waals surface area contributed by atoms with Gasteiger partial charge in [-0.3, -0.25) is 19.2 Å². The monoisotopic (exact) mass is 463 g/mol. The summed E-state index contributed by atoms with van der Waals surface area (Å²) in [5, 5.41) is 0.316. The molecule has 0 spiro atoms. The lowest BCUT2D eigenvalue weighted by Gasteiger charge is -2.23. The van der Waals surface area contributed by atoms with E-state index < -0.39 is 59.9 Å². The molecule has 1 unspecified atom stereocenters. The zero-order chi connectivity index (χ0) is 24.8. The summed E-state index contributed by atoms with van der Waals surface area (Å²) in [7, 11) is 0. The third-order valence-electron chi connectivity index (χ3n) is 4.08. The first-order valence-electron chi connectivity index (χ1n) is 10.1. The van der Waals surface area contributed by atoms with E-state index >= 15 is 0 Å². The predicted molar refractivity (Wildman–Crippen MR) is 108 cm³/mol. The number of imide groups is 1. The van der Waals surface area contributed by atoms with Crippen LogP contribution in [-0.2, 0) is 47.8 Å². The molecule has 1 aromatic carbocycles. The van der Waals surface area contributed by atoms with E-state index in [9.17, 15) is 28.8 Å². The number of ether oxygens (including phenoxy) is 3. The third kappa shape index (κ3) is 7.70. The van der Waals surface area contributed by atoms with Gasteiger partial charge in [0, 0.05) is 25.3 Å².